The molecule has 1 aromatic carbocycles. The molecule has 13 nitrogen and oxygen atoms in total. The molecule has 1 rings (SSSR count). The highest BCUT2D eigenvalue weighted by atomic mass is 32.2. The lowest BCUT2D eigenvalue weighted by Gasteiger charge is -2.24. The first kappa shape index (κ1) is 30.7. The van der Waals surface area contributed by atoms with Crippen molar-refractivity contribution in [1.29, 1.82) is 0 Å². The third kappa shape index (κ3) is 10.9. The normalized spacial score (nSPS) is 14.1. The number of carbonyl (C=O) groups excluding carboxylic acids is 3. The van der Waals surface area contributed by atoms with Crippen molar-refractivity contribution in [2.24, 2.45) is 5.73 Å². The summed E-state index contributed by atoms with van der Waals surface area (Å²) in [5.74, 6) is -4.54. The van der Waals surface area contributed by atoms with Crippen LogP contribution in [-0.4, -0.2) is 92.9 Å². The molecule has 36 heavy (non-hydrogen) atoms. The fourth-order valence-corrected chi connectivity index (χ4v) is 3.47. The van der Waals surface area contributed by atoms with Gasteiger partial charge in [-0.25, -0.2) is 4.79 Å². The molecule has 0 saturated heterocycles. The molecule has 0 aliphatic rings. The Morgan fingerprint density at radius 2 is 1.44 bits per heavy atom. The molecule has 3 amide bonds. The number of nitrogens with two attached hydrogens (primary N) is 1. The Morgan fingerprint density at radius 1 is 0.889 bits per heavy atom. The van der Waals surface area contributed by atoms with Gasteiger partial charge in [-0.15, -0.1) is 0 Å². The van der Waals surface area contributed by atoms with Crippen molar-refractivity contribution >= 4 is 41.4 Å². The second-order valence-corrected chi connectivity index (χ2v) is 8.88. The molecule has 14 heteroatoms. The van der Waals surface area contributed by atoms with E-state index in [0.717, 1.165) is 0 Å². The average molecular weight is 529 g/mol. The van der Waals surface area contributed by atoms with Gasteiger partial charge in [0.05, 0.1) is 12.6 Å². The van der Waals surface area contributed by atoms with Crippen molar-refractivity contribution in [2.75, 3.05) is 18.6 Å². The summed E-state index contributed by atoms with van der Waals surface area (Å²) in [4.78, 5) is 60.1. The summed E-state index contributed by atoms with van der Waals surface area (Å²) in [6.07, 6.45) is 1.34. The maximum absolute atomic E-state index is 12.8. The first-order chi connectivity index (χ1) is 17.0. The third-order valence-corrected chi connectivity index (χ3v) is 5.70. The quantitative estimate of drug-likeness (QED) is 0.122. The number of nitrogens with one attached hydrogen (secondary N) is 3. The monoisotopic (exact) mass is 528 g/mol. The maximum Gasteiger partial charge on any atom is 0.326 e. The lowest BCUT2D eigenvalue weighted by atomic mass is 10.1. The molecule has 9 N–H and O–H groups in total. The highest BCUT2D eigenvalue weighted by Gasteiger charge is 2.30. The summed E-state index contributed by atoms with van der Waals surface area (Å²) in [5.41, 5.74) is 6.20. The summed E-state index contributed by atoms with van der Waals surface area (Å²) in [5, 5.41) is 44.2. The Balaban J connectivity index is 2.84. The molecular formula is C22H32N4O9S. The standard InChI is InChI=1S/C22H32N4O9S/c1-36-9-8-15(24-19(31)14(23)6-7-18(29)30)20(32)26-17(11-27)21(33)25-16(22(34)35)10-12-2-4-13(28)5-3-12/h2-5,14-17,27-28H,6-11,23H2,1H3,(H,24,31)(H,25,33)(H,26,32)(H,29,30)(H,34,35). The van der Waals surface area contributed by atoms with E-state index >= 15 is 0 Å². The molecule has 0 bridgehead atoms. The Morgan fingerprint density at radius 3 is 1.97 bits per heavy atom. The van der Waals surface area contributed by atoms with Crippen LogP contribution in [0.3, 0.4) is 0 Å². The van der Waals surface area contributed by atoms with Crippen molar-refractivity contribution in [3.05, 3.63) is 29.8 Å². The number of thioether (sulfide) groups is 1. The molecule has 1 aromatic rings. The number of aliphatic carboxylic acids is 2. The predicted molar refractivity (Wildman–Crippen MR) is 130 cm³/mol. The maximum atomic E-state index is 12.8. The van der Waals surface area contributed by atoms with Crippen molar-refractivity contribution in [1.82, 2.24) is 16.0 Å². The van der Waals surface area contributed by atoms with E-state index < -0.39 is 60.4 Å². The molecule has 4 unspecified atom stereocenters. The van der Waals surface area contributed by atoms with Gasteiger partial charge in [-0.3, -0.25) is 19.2 Å². The lowest BCUT2D eigenvalue weighted by Crippen LogP contribution is -2.58. The minimum Gasteiger partial charge on any atom is -0.508 e. The van der Waals surface area contributed by atoms with Gasteiger partial charge in [-0.05, 0) is 42.5 Å². The zero-order valence-electron chi connectivity index (χ0n) is 19.7. The van der Waals surface area contributed by atoms with Gasteiger partial charge in [0.2, 0.25) is 17.7 Å². The second kappa shape index (κ2) is 15.6. The number of benzene rings is 1. The number of phenols is 1. The number of aliphatic hydroxyl groups is 1. The Hall–Kier alpha value is -3.36. The molecule has 0 fully saturated rings. The van der Waals surface area contributed by atoms with Crippen LogP contribution < -0.4 is 21.7 Å². The minimum absolute atomic E-state index is 0.0105. The number of hydrogen-bond acceptors (Lipinski definition) is 9. The van der Waals surface area contributed by atoms with E-state index in [1.165, 1.54) is 36.0 Å². The van der Waals surface area contributed by atoms with E-state index in [1.54, 1.807) is 6.26 Å². The highest BCUT2D eigenvalue weighted by molar-refractivity contribution is 7.98. The molecular weight excluding hydrogens is 496 g/mol. The molecule has 0 spiro atoms. The van der Waals surface area contributed by atoms with E-state index in [9.17, 15) is 39.3 Å². The number of carboxylic acids is 2. The van der Waals surface area contributed by atoms with Crippen molar-refractivity contribution in [3.63, 3.8) is 0 Å². The molecule has 0 radical (unpaired) electrons. The lowest BCUT2D eigenvalue weighted by molar-refractivity contribution is -0.142. The molecule has 0 saturated carbocycles. The molecule has 4 atom stereocenters. The van der Waals surface area contributed by atoms with Crippen LogP contribution in [0, 0.1) is 0 Å². The summed E-state index contributed by atoms with van der Waals surface area (Å²) in [7, 11) is 0. The molecule has 0 heterocycles. The first-order valence-electron chi connectivity index (χ1n) is 11.0. The second-order valence-electron chi connectivity index (χ2n) is 7.90. The van der Waals surface area contributed by atoms with Gasteiger partial charge >= 0.3 is 11.9 Å². The van der Waals surface area contributed by atoms with Gasteiger partial charge in [0.1, 0.15) is 23.9 Å². The smallest absolute Gasteiger partial charge is 0.326 e. The van der Waals surface area contributed by atoms with Gasteiger partial charge in [0.15, 0.2) is 0 Å². The summed E-state index contributed by atoms with van der Waals surface area (Å²) in [6, 6.07) is 0.521. The summed E-state index contributed by atoms with van der Waals surface area (Å²) < 4.78 is 0. The first-order valence-corrected chi connectivity index (χ1v) is 12.4. The predicted octanol–water partition coefficient (Wildman–Crippen LogP) is -1.59. The molecule has 200 valence electrons. The van der Waals surface area contributed by atoms with Crippen molar-refractivity contribution < 1.29 is 44.4 Å². The fraction of sp³-hybridized carbons (Fsp3) is 0.500. The third-order valence-electron chi connectivity index (χ3n) is 5.06. The van der Waals surface area contributed by atoms with Gasteiger partial charge in [0, 0.05) is 12.8 Å². The number of carboxylic acid groups (broad SMARTS) is 2. The highest BCUT2D eigenvalue weighted by Crippen LogP contribution is 2.12. The number of phenolic OH excluding ortho intramolecular Hbond substituents is 1. The van der Waals surface area contributed by atoms with E-state index in [1.807, 2.05) is 0 Å². The largest absolute Gasteiger partial charge is 0.508 e. The number of hydrogen-bond donors (Lipinski definition) is 8. The van der Waals surface area contributed by atoms with Crippen LogP contribution >= 0.6 is 11.8 Å². The van der Waals surface area contributed by atoms with Gasteiger partial charge in [-0.2, -0.15) is 11.8 Å². The van der Waals surface area contributed by atoms with Gasteiger partial charge in [0.25, 0.3) is 0 Å². The zero-order valence-corrected chi connectivity index (χ0v) is 20.5. The summed E-state index contributed by atoms with van der Waals surface area (Å²) >= 11 is 1.39. The van der Waals surface area contributed by atoms with Crippen LogP contribution in [0.15, 0.2) is 24.3 Å². The number of carbonyl (C=O) groups is 5. The molecule has 0 aromatic heterocycles. The van der Waals surface area contributed by atoms with Crippen LogP contribution in [0.2, 0.25) is 0 Å². The Bertz CT molecular complexity index is 913. The SMILES string of the molecule is CSCCC(NC(=O)C(N)CCC(=O)O)C(=O)NC(CO)C(=O)NC(Cc1ccc(O)cc1)C(=O)O. The molecule has 0 aliphatic carbocycles. The number of rotatable bonds is 16. The number of aliphatic hydroxyl groups excluding tert-OH is 1. The van der Waals surface area contributed by atoms with E-state index in [0.29, 0.717) is 11.3 Å². The van der Waals surface area contributed by atoms with Gasteiger partial charge < -0.3 is 42.1 Å². The van der Waals surface area contributed by atoms with Crippen molar-refractivity contribution in [3.8, 4) is 5.75 Å². The fourth-order valence-electron chi connectivity index (χ4n) is 3.00. The van der Waals surface area contributed by atoms with Crippen LogP contribution in [0.1, 0.15) is 24.8 Å². The van der Waals surface area contributed by atoms with E-state index in [-0.39, 0.29) is 31.4 Å². The van der Waals surface area contributed by atoms with Crippen LogP contribution in [0.4, 0.5) is 0 Å². The van der Waals surface area contributed by atoms with Gasteiger partial charge in [-0.1, -0.05) is 12.1 Å². The Kier molecular flexibility index (Phi) is 13.3. The Labute approximate surface area is 211 Å². The zero-order chi connectivity index (χ0) is 27.3. The summed E-state index contributed by atoms with van der Waals surface area (Å²) in [6.45, 7) is -0.843. The topological polar surface area (TPSA) is 228 Å². The van der Waals surface area contributed by atoms with Crippen LogP contribution in [-0.2, 0) is 30.4 Å². The number of aromatic hydroxyl groups is 1. The van der Waals surface area contributed by atoms with E-state index in [4.69, 9.17) is 10.8 Å². The van der Waals surface area contributed by atoms with E-state index in [2.05, 4.69) is 16.0 Å². The van der Waals surface area contributed by atoms with Crippen LogP contribution in [0.25, 0.3) is 0 Å². The average Bonchev–Trinajstić information content (AvgIpc) is 2.83. The number of amides is 3. The molecule has 0 aliphatic heterocycles. The minimum atomic E-state index is -1.51. The van der Waals surface area contributed by atoms with Crippen molar-refractivity contribution in [2.45, 2.75) is 49.9 Å². The van der Waals surface area contributed by atoms with Crippen LogP contribution in [0.5, 0.6) is 5.75 Å².